The molecule has 0 saturated carbocycles. The SMILES string of the molecule is C=C1NC=Nc2nc[nH]c21. The van der Waals surface area contributed by atoms with Crippen LogP contribution in [0, 0.1) is 0 Å². The summed E-state index contributed by atoms with van der Waals surface area (Å²) < 4.78 is 0. The molecule has 2 heterocycles. The summed E-state index contributed by atoms with van der Waals surface area (Å²) in [5.74, 6) is 0.698. The average molecular weight is 134 g/mol. The van der Waals surface area contributed by atoms with E-state index in [-0.39, 0.29) is 0 Å². The van der Waals surface area contributed by atoms with E-state index in [1.54, 1.807) is 12.7 Å². The van der Waals surface area contributed by atoms with Gasteiger partial charge >= 0.3 is 0 Å². The highest BCUT2D eigenvalue weighted by Gasteiger charge is 2.09. The van der Waals surface area contributed by atoms with E-state index in [4.69, 9.17) is 0 Å². The second-order valence-corrected chi connectivity index (χ2v) is 1.98. The molecular weight excluding hydrogens is 128 g/mol. The highest BCUT2D eigenvalue weighted by atomic mass is 15.1. The Morgan fingerprint density at radius 1 is 1.50 bits per heavy atom. The smallest absolute Gasteiger partial charge is 0.180 e. The first-order chi connectivity index (χ1) is 4.88. The molecule has 1 aliphatic rings. The number of rotatable bonds is 0. The fourth-order valence-corrected chi connectivity index (χ4v) is 0.851. The molecule has 10 heavy (non-hydrogen) atoms. The summed E-state index contributed by atoms with van der Waals surface area (Å²) in [6.07, 6.45) is 3.17. The van der Waals surface area contributed by atoms with Crippen molar-refractivity contribution >= 4 is 17.9 Å². The fourth-order valence-electron chi connectivity index (χ4n) is 0.851. The summed E-state index contributed by atoms with van der Waals surface area (Å²) in [7, 11) is 0. The molecule has 4 nitrogen and oxygen atoms in total. The van der Waals surface area contributed by atoms with Crippen LogP contribution in [0.1, 0.15) is 5.69 Å². The summed E-state index contributed by atoms with van der Waals surface area (Å²) in [6.45, 7) is 3.75. The van der Waals surface area contributed by atoms with Crippen molar-refractivity contribution in [3.05, 3.63) is 18.6 Å². The Morgan fingerprint density at radius 3 is 3.20 bits per heavy atom. The Hall–Kier alpha value is -1.58. The predicted octanol–water partition coefficient (Wildman–Crippen LogP) is 0.643. The molecule has 0 aromatic carbocycles. The number of hydrogen-bond acceptors (Lipinski definition) is 3. The maximum absolute atomic E-state index is 3.96. The molecule has 0 amide bonds. The van der Waals surface area contributed by atoms with E-state index < -0.39 is 0 Å². The van der Waals surface area contributed by atoms with Gasteiger partial charge in [0.1, 0.15) is 5.69 Å². The van der Waals surface area contributed by atoms with Crippen molar-refractivity contribution in [1.29, 1.82) is 0 Å². The van der Waals surface area contributed by atoms with Crippen LogP contribution in [0.15, 0.2) is 17.9 Å². The molecule has 1 aromatic heterocycles. The van der Waals surface area contributed by atoms with Gasteiger partial charge in [-0.15, -0.1) is 0 Å². The number of fused-ring (bicyclic) bond motifs is 1. The van der Waals surface area contributed by atoms with Gasteiger partial charge in [-0.2, -0.15) is 0 Å². The van der Waals surface area contributed by atoms with Gasteiger partial charge in [0.05, 0.1) is 18.4 Å². The van der Waals surface area contributed by atoms with Crippen LogP contribution in [0.25, 0.3) is 5.70 Å². The van der Waals surface area contributed by atoms with Crippen LogP contribution in [0.4, 0.5) is 5.82 Å². The van der Waals surface area contributed by atoms with Gasteiger partial charge < -0.3 is 10.3 Å². The molecule has 0 aliphatic carbocycles. The van der Waals surface area contributed by atoms with Crippen LogP contribution >= 0.6 is 0 Å². The van der Waals surface area contributed by atoms with Gasteiger partial charge in [-0.25, -0.2) is 9.98 Å². The van der Waals surface area contributed by atoms with Crippen molar-refractivity contribution in [2.75, 3.05) is 0 Å². The van der Waals surface area contributed by atoms with Gasteiger partial charge in [0.15, 0.2) is 5.82 Å². The lowest BCUT2D eigenvalue weighted by Crippen LogP contribution is -2.11. The molecule has 1 aromatic rings. The summed E-state index contributed by atoms with van der Waals surface area (Å²) in [5.41, 5.74) is 1.67. The Kier molecular flexibility index (Phi) is 0.887. The zero-order chi connectivity index (χ0) is 6.97. The molecular formula is C6H6N4. The number of imidazole rings is 1. The van der Waals surface area contributed by atoms with Crippen molar-refractivity contribution < 1.29 is 0 Å². The van der Waals surface area contributed by atoms with Crippen LogP contribution in [-0.4, -0.2) is 16.3 Å². The third kappa shape index (κ3) is 0.556. The minimum absolute atomic E-state index is 0.698. The lowest BCUT2D eigenvalue weighted by molar-refractivity contribution is 1.21. The molecule has 4 heteroatoms. The monoisotopic (exact) mass is 134 g/mol. The highest BCUT2D eigenvalue weighted by Crippen LogP contribution is 2.20. The summed E-state index contributed by atoms with van der Waals surface area (Å²) in [5, 5.41) is 2.87. The summed E-state index contributed by atoms with van der Waals surface area (Å²) in [4.78, 5) is 10.8. The zero-order valence-corrected chi connectivity index (χ0v) is 5.26. The second kappa shape index (κ2) is 1.70. The molecule has 2 N–H and O–H groups in total. The molecule has 0 unspecified atom stereocenters. The molecule has 0 bridgehead atoms. The summed E-state index contributed by atoms with van der Waals surface area (Å²) >= 11 is 0. The Balaban J connectivity index is 2.62. The molecule has 2 rings (SSSR count). The normalized spacial score (nSPS) is 14.6. The molecule has 1 aliphatic heterocycles. The van der Waals surface area contributed by atoms with Crippen molar-refractivity contribution in [2.24, 2.45) is 4.99 Å². The van der Waals surface area contributed by atoms with Crippen molar-refractivity contribution in [1.82, 2.24) is 15.3 Å². The lowest BCUT2D eigenvalue weighted by Gasteiger charge is -2.06. The van der Waals surface area contributed by atoms with E-state index in [1.165, 1.54) is 0 Å². The summed E-state index contributed by atoms with van der Waals surface area (Å²) in [6, 6.07) is 0. The highest BCUT2D eigenvalue weighted by molar-refractivity contribution is 5.82. The number of aromatic amines is 1. The lowest BCUT2D eigenvalue weighted by atomic mass is 10.3. The number of aromatic nitrogens is 2. The van der Waals surface area contributed by atoms with Gasteiger partial charge in [0, 0.05) is 0 Å². The number of nitrogens with zero attached hydrogens (tertiary/aromatic N) is 2. The van der Waals surface area contributed by atoms with E-state index in [0.717, 1.165) is 11.4 Å². The van der Waals surface area contributed by atoms with Gasteiger partial charge in [0.25, 0.3) is 0 Å². The zero-order valence-electron chi connectivity index (χ0n) is 5.26. The van der Waals surface area contributed by atoms with Crippen LogP contribution in [0.2, 0.25) is 0 Å². The van der Waals surface area contributed by atoms with Crippen molar-refractivity contribution in [2.45, 2.75) is 0 Å². The standard InChI is InChI=1S/C6H6N4/c1-4-5-6(9-2-7-4)10-3-8-5/h2-3H,1H2,(H,7,9)(H,8,10). The number of H-pyrrole nitrogens is 1. The molecule has 0 spiro atoms. The minimum atomic E-state index is 0.698. The van der Waals surface area contributed by atoms with E-state index >= 15 is 0 Å². The van der Waals surface area contributed by atoms with Gasteiger partial charge in [-0.1, -0.05) is 6.58 Å². The van der Waals surface area contributed by atoms with E-state index in [9.17, 15) is 0 Å². The van der Waals surface area contributed by atoms with E-state index in [1.807, 2.05) is 0 Å². The van der Waals surface area contributed by atoms with Crippen LogP contribution < -0.4 is 5.32 Å². The Bertz CT molecular complexity index is 296. The maximum atomic E-state index is 3.96. The second-order valence-electron chi connectivity index (χ2n) is 1.98. The molecule has 50 valence electrons. The van der Waals surface area contributed by atoms with Gasteiger partial charge in [-0.3, -0.25) is 0 Å². The Morgan fingerprint density at radius 2 is 2.40 bits per heavy atom. The minimum Gasteiger partial charge on any atom is -0.345 e. The molecule has 0 atom stereocenters. The largest absolute Gasteiger partial charge is 0.345 e. The molecule has 0 radical (unpaired) electrons. The first-order valence-electron chi connectivity index (χ1n) is 2.89. The van der Waals surface area contributed by atoms with Gasteiger partial charge in [0.2, 0.25) is 0 Å². The van der Waals surface area contributed by atoms with Crippen LogP contribution in [0.5, 0.6) is 0 Å². The first-order valence-corrected chi connectivity index (χ1v) is 2.89. The van der Waals surface area contributed by atoms with Crippen LogP contribution in [-0.2, 0) is 0 Å². The number of hydrogen-bond donors (Lipinski definition) is 2. The van der Waals surface area contributed by atoms with Crippen molar-refractivity contribution in [3.63, 3.8) is 0 Å². The maximum Gasteiger partial charge on any atom is 0.180 e. The predicted molar refractivity (Wildman–Crippen MR) is 38.9 cm³/mol. The third-order valence-electron chi connectivity index (χ3n) is 1.35. The topological polar surface area (TPSA) is 53.1 Å². The first kappa shape index (κ1) is 5.22. The van der Waals surface area contributed by atoms with Crippen LogP contribution in [0.3, 0.4) is 0 Å². The average Bonchev–Trinajstić information content (AvgIpc) is 2.36. The third-order valence-corrected chi connectivity index (χ3v) is 1.35. The van der Waals surface area contributed by atoms with E-state index in [0.29, 0.717) is 5.82 Å². The fraction of sp³-hybridized carbons (Fsp3) is 0. The molecule has 0 saturated heterocycles. The quantitative estimate of drug-likeness (QED) is 0.547. The van der Waals surface area contributed by atoms with Gasteiger partial charge in [-0.05, 0) is 0 Å². The molecule has 0 fully saturated rings. The van der Waals surface area contributed by atoms with Crippen molar-refractivity contribution in [3.8, 4) is 0 Å². The van der Waals surface area contributed by atoms with E-state index in [2.05, 4.69) is 26.9 Å². The number of aliphatic imine (C=N–C) groups is 1. The number of nitrogens with one attached hydrogen (secondary N) is 2. The Labute approximate surface area is 57.7 Å².